The van der Waals surface area contributed by atoms with Crippen LogP contribution in [0.3, 0.4) is 0 Å². The zero-order valence-corrected chi connectivity index (χ0v) is 19.7. The van der Waals surface area contributed by atoms with Gasteiger partial charge >= 0.3 is 5.97 Å². The van der Waals surface area contributed by atoms with E-state index >= 15 is 0 Å². The molecule has 0 fully saturated rings. The quantitative estimate of drug-likeness (QED) is 0.232. The van der Waals surface area contributed by atoms with Crippen LogP contribution in [0, 0.1) is 0 Å². The zero-order valence-electron chi connectivity index (χ0n) is 18.1. The number of amides is 1. The minimum absolute atomic E-state index is 0.107. The lowest BCUT2D eigenvalue weighted by atomic mass is 9.98. The minimum Gasteiger partial charge on any atom is -0.456 e. The number of nitrogens with zero attached hydrogens (tertiary/aromatic N) is 2. The van der Waals surface area contributed by atoms with Gasteiger partial charge in [-0.1, -0.05) is 66.2 Å². The van der Waals surface area contributed by atoms with Gasteiger partial charge in [0.1, 0.15) is 6.61 Å². The van der Waals surface area contributed by atoms with Gasteiger partial charge < -0.3 is 4.74 Å². The first kappa shape index (κ1) is 23.4. The third-order valence-corrected chi connectivity index (χ3v) is 6.00. The van der Waals surface area contributed by atoms with Crippen molar-refractivity contribution in [2.75, 3.05) is 4.90 Å². The smallest absolute Gasteiger partial charge is 0.339 e. The Labute approximate surface area is 205 Å². The molecular formula is C26H19ClN2O4S. The van der Waals surface area contributed by atoms with Gasteiger partial charge in [-0.15, -0.1) is 11.3 Å². The lowest BCUT2D eigenvalue weighted by Crippen LogP contribution is -2.22. The number of esters is 1. The summed E-state index contributed by atoms with van der Waals surface area (Å²) in [6.07, 6.45) is 0. The predicted molar refractivity (Wildman–Crippen MR) is 132 cm³/mol. The van der Waals surface area contributed by atoms with Crippen LogP contribution >= 0.6 is 22.9 Å². The fourth-order valence-corrected chi connectivity index (χ4v) is 4.38. The molecule has 4 rings (SSSR count). The largest absolute Gasteiger partial charge is 0.456 e. The van der Waals surface area contributed by atoms with E-state index in [0.717, 1.165) is 0 Å². The van der Waals surface area contributed by atoms with Crippen molar-refractivity contribution in [1.29, 1.82) is 0 Å². The number of ketones is 1. The highest BCUT2D eigenvalue weighted by Crippen LogP contribution is 2.30. The number of carbonyl (C=O) groups excluding carboxylic acids is 3. The Morgan fingerprint density at radius 1 is 0.941 bits per heavy atom. The van der Waals surface area contributed by atoms with Crippen molar-refractivity contribution in [2.45, 2.75) is 13.5 Å². The van der Waals surface area contributed by atoms with E-state index in [4.69, 9.17) is 16.3 Å². The van der Waals surface area contributed by atoms with Crippen LogP contribution in [0.2, 0.25) is 5.02 Å². The van der Waals surface area contributed by atoms with Crippen molar-refractivity contribution in [3.8, 4) is 0 Å². The summed E-state index contributed by atoms with van der Waals surface area (Å²) >= 11 is 7.31. The standard InChI is InChI=1S/C26H19ClN2O4S/c1-17(30)29(21-11-7-10-19(27)14-21)26-28-20(16-34-26)15-33-25(32)23-13-6-5-12-22(23)24(31)18-8-3-2-4-9-18/h2-14,16H,15H2,1H3. The van der Waals surface area contributed by atoms with Crippen LogP contribution in [0.4, 0.5) is 10.8 Å². The maximum atomic E-state index is 12.9. The molecule has 0 aliphatic carbocycles. The molecule has 0 spiro atoms. The van der Waals surface area contributed by atoms with Crippen LogP contribution in [0.25, 0.3) is 0 Å². The van der Waals surface area contributed by atoms with Crippen molar-refractivity contribution in [1.82, 2.24) is 4.98 Å². The van der Waals surface area contributed by atoms with E-state index < -0.39 is 5.97 Å². The first-order valence-corrected chi connectivity index (χ1v) is 11.6. The van der Waals surface area contributed by atoms with Crippen molar-refractivity contribution in [2.24, 2.45) is 0 Å². The molecule has 0 unspecified atom stereocenters. The van der Waals surface area contributed by atoms with E-state index in [9.17, 15) is 14.4 Å². The van der Waals surface area contributed by atoms with Crippen LogP contribution in [0.1, 0.15) is 38.9 Å². The molecule has 4 aromatic rings. The van der Waals surface area contributed by atoms with E-state index in [2.05, 4.69) is 4.98 Å². The van der Waals surface area contributed by atoms with Gasteiger partial charge in [0.2, 0.25) is 5.91 Å². The molecule has 1 aromatic heterocycles. The maximum absolute atomic E-state index is 12.9. The predicted octanol–water partition coefficient (Wildman–Crippen LogP) is 6.07. The summed E-state index contributed by atoms with van der Waals surface area (Å²) in [6.45, 7) is 1.33. The second kappa shape index (κ2) is 10.4. The summed E-state index contributed by atoms with van der Waals surface area (Å²) in [5.41, 5.74) is 1.99. The average molecular weight is 491 g/mol. The Kier molecular flexibility index (Phi) is 7.15. The second-order valence-corrected chi connectivity index (χ2v) is 8.55. The number of aromatic nitrogens is 1. The van der Waals surface area contributed by atoms with E-state index in [-0.39, 0.29) is 29.4 Å². The van der Waals surface area contributed by atoms with Crippen molar-refractivity contribution < 1.29 is 19.1 Å². The average Bonchev–Trinajstić information content (AvgIpc) is 3.31. The highest BCUT2D eigenvalue weighted by molar-refractivity contribution is 7.14. The molecule has 1 heterocycles. The van der Waals surface area contributed by atoms with Crippen molar-refractivity contribution in [3.05, 3.63) is 112 Å². The zero-order chi connectivity index (χ0) is 24.1. The number of benzene rings is 3. The van der Waals surface area contributed by atoms with Gasteiger partial charge in [0.05, 0.1) is 16.9 Å². The van der Waals surface area contributed by atoms with Crippen molar-refractivity contribution in [3.63, 3.8) is 0 Å². The number of thiazole rings is 1. The molecule has 6 nitrogen and oxygen atoms in total. The second-order valence-electron chi connectivity index (χ2n) is 7.27. The molecule has 0 saturated carbocycles. The molecule has 0 saturated heterocycles. The lowest BCUT2D eigenvalue weighted by molar-refractivity contribution is -0.115. The summed E-state index contributed by atoms with van der Waals surface area (Å²) in [5, 5.41) is 2.64. The number of carbonyl (C=O) groups is 3. The van der Waals surface area contributed by atoms with Gasteiger partial charge in [0.15, 0.2) is 10.9 Å². The Hall–Kier alpha value is -3.81. The minimum atomic E-state index is -0.632. The number of halogens is 1. The van der Waals surface area contributed by atoms with Crippen LogP contribution in [0.15, 0.2) is 84.2 Å². The van der Waals surface area contributed by atoms with Crippen molar-refractivity contribution >= 4 is 51.4 Å². The topological polar surface area (TPSA) is 76.6 Å². The number of rotatable bonds is 7. The molecule has 170 valence electrons. The van der Waals surface area contributed by atoms with Crippen LogP contribution in [-0.4, -0.2) is 22.6 Å². The van der Waals surface area contributed by atoms with Crippen LogP contribution in [0.5, 0.6) is 0 Å². The molecule has 0 radical (unpaired) electrons. The Balaban J connectivity index is 1.50. The molecule has 0 aliphatic heterocycles. The molecular weight excluding hydrogens is 472 g/mol. The molecule has 0 bridgehead atoms. The first-order chi connectivity index (χ1) is 16.4. The van der Waals surface area contributed by atoms with Crippen LogP contribution in [-0.2, 0) is 16.1 Å². The lowest BCUT2D eigenvalue weighted by Gasteiger charge is -2.18. The Bertz CT molecular complexity index is 1350. The molecule has 3 aromatic carbocycles. The third-order valence-electron chi connectivity index (χ3n) is 4.89. The monoisotopic (exact) mass is 490 g/mol. The molecule has 0 atom stereocenters. The molecule has 0 N–H and O–H groups in total. The number of hydrogen-bond acceptors (Lipinski definition) is 6. The summed E-state index contributed by atoms with van der Waals surface area (Å²) in [7, 11) is 0. The summed E-state index contributed by atoms with van der Waals surface area (Å²) in [4.78, 5) is 43.8. The van der Waals surface area contributed by atoms with E-state index in [1.807, 2.05) is 6.07 Å². The highest BCUT2D eigenvalue weighted by atomic mass is 35.5. The van der Waals surface area contributed by atoms with E-state index in [0.29, 0.717) is 27.1 Å². The van der Waals surface area contributed by atoms with Gasteiger partial charge in [-0.2, -0.15) is 0 Å². The Morgan fingerprint density at radius 3 is 2.35 bits per heavy atom. The molecule has 34 heavy (non-hydrogen) atoms. The first-order valence-electron chi connectivity index (χ1n) is 10.3. The highest BCUT2D eigenvalue weighted by Gasteiger charge is 2.21. The van der Waals surface area contributed by atoms with Gasteiger partial charge in [0, 0.05) is 28.5 Å². The number of hydrogen-bond donors (Lipinski definition) is 0. The normalized spacial score (nSPS) is 10.5. The molecule has 8 heteroatoms. The maximum Gasteiger partial charge on any atom is 0.339 e. The fraction of sp³-hybridized carbons (Fsp3) is 0.0769. The third kappa shape index (κ3) is 5.22. The van der Waals surface area contributed by atoms with E-state index in [1.54, 1.807) is 78.2 Å². The van der Waals surface area contributed by atoms with Gasteiger partial charge in [-0.3, -0.25) is 14.5 Å². The summed E-state index contributed by atoms with van der Waals surface area (Å²) in [6, 6.07) is 22.2. The SMILES string of the molecule is CC(=O)N(c1cccc(Cl)c1)c1nc(COC(=O)c2ccccc2C(=O)c2ccccc2)cs1. The molecule has 0 aliphatic rings. The van der Waals surface area contributed by atoms with Crippen LogP contribution < -0.4 is 4.90 Å². The number of anilines is 2. The summed E-state index contributed by atoms with van der Waals surface area (Å²) in [5.74, 6) is -1.12. The Morgan fingerprint density at radius 2 is 1.65 bits per heavy atom. The van der Waals surface area contributed by atoms with Gasteiger partial charge in [-0.25, -0.2) is 9.78 Å². The number of ether oxygens (including phenoxy) is 1. The van der Waals surface area contributed by atoms with E-state index in [1.165, 1.54) is 23.2 Å². The van der Waals surface area contributed by atoms with Gasteiger partial charge in [0.25, 0.3) is 0 Å². The van der Waals surface area contributed by atoms with Gasteiger partial charge in [-0.05, 0) is 24.3 Å². The molecule has 1 amide bonds. The fourth-order valence-electron chi connectivity index (χ4n) is 3.33. The summed E-state index contributed by atoms with van der Waals surface area (Å²) < 4.78 is 5.45.